The van der Waals surface area contributed by atoms with Crippen LogP contribution in [0, 0.1) is 17.8 Å². The molecule has 150 valence electrons. The Balaban J connectivity index is 1.51. The van der Waals surface area contributed by atoms with Crippen molar-refractivity contribution in [3.05, 3.63) is 53.6 Å². The van der Waals surface area contributed by atoms with Crippen LogP contribution in [0.4, 0.5) is 0 Å². The third-order valence-corrected chi connectivity index (χ3v) is 6.09. The van der Waals surface area contributed by atoms with Crippen LogP contribution in [0.3, 0.4) is 0 Å². The molecule has 0 saturated heterocycles. The zero-order valence-corrected chi connectivity index (χ0v) is 16.9. The summed E-state index contributed by atoms with van der Waals surface area (Å²) >= 11 is 0. The highest BCUT2D eigenvalue weighted by atomic mass is 16.3. The number of hydrogen-bond acceptors (Lipinski definition) is 3. The van der Waals surface area contributed by atoms with Crippen molar-refractivity contribution in [3.63, 3.8) is 0 Å². The summed E-state index contributed by atoms with van der Waals surface area (Å²) in [6, 6.07) is 9.78. The fourth-order valence-electron chi connectivity index (χ4n) is 4.59. The first-order valence-corrected chi connectivity index (χ1v) is 10.3. The number of aliphatic hydroxyl groups excluding tert-OH is 1. The Kier molecular flexibility index (Phi) is 6.84. The number of carbonyl (C=O) groups excluding carboxylic acids is 2. The van der Waals surface area contributed by atoms with Gasteiger partial charge in [0, 0.05) is 20.5 Å². The largest absolute Gasteiger partial charge is 0.392 e. The van der Waals surface area contributed by atoms with Crippen molar-refractivity contribution >= 4 is 17.8 Å². The first kappa shape index (κ1) is 20.5. The van der Waals surface area contributed by atoms with Crippen LogP contribution >= 0.6 is 0 Å². The maximum absolute atomic E-state index is 12.8. The standard InChI is InChI=1S/C24H31NO3/c1-25(2)23(28)11-7-6-10-18-14-19-16-22(27)24(20(19)15-18)21(26)13-12-17-8-4-3-5-9-17/h3-5,8-9,12-14,19-20,22,24,27H,6-7,10-11,15-16H2,1-2H3/b13-12+/t19-,20-,22+,24-/m0/s1. The third-order valence-electron chi connectivity index (χ3n) is 6.09. The molecule has 28 heavy (non-hydrogen) atoms. The van der Waals surface area contributed by atoms with Gasteiger partial charge in [-0.2, -0.15) is 0 Å². The Morgan fingerprint density at radius 2 is 1.93 bits per heavy atom. The highest BCUT2D eigenvalue weighted by Gasteiger charge is 2.47. The second-order valence-corrected chi connectivity index (χ2v) is 8.33. The van der Waals surface area contributed by atoms with Gasteiger partial charge in [0.25, 0.3) is 0 Å². The molecule has 0 aromatic heterocycles. The molecule has 0 heterocycles. The summed E-state index contributed by atoms with van der Waals surface area (Å²) in [6.45, 7) is 0. The zero-order valence-electron chi connectivity index (χ0n) is 16.9. The number of ketones is 1. The van der Waals surface area contributed by atoms with E-state index in [9.17, 15) is 14.7 Å². The Morgan fingerprint density at radius 3 is 2.64 bits per heavy atom. The van der Waals surface area contributed by atoms with E-state index >= 15 is 0 Å². The van der Waals surface area contributed by atoms with Crippen LogP contribution in [0.5, 0.6) is 0 Å². The summed E-state index contributed by atoms with van der Waals surface area (Å²) in [5, 5.41) is 10.4. The molecule has 1 aromatic carbocycles. The van der Waals surface area contributed by atoms with Gasteiger partial charge in [-0.3, -0.25) is 9.59 Å². The van der Waals surface area contributed by atoms with Crippen LogP contribution in [0.15, 0.2) is 48.1 Å². The van der Waals surface area contributed by atoms with Crippen LogP contribution in [-0.4, -0.2) is 41.9 Å². The molecule has 0 bridgehead atoms. The van der Waals surface area contributed by atoms with Crippen molar-refractivity contribution in [2.24, 2.45) is 17.8 Å². The first-order valence-electron chi connectivity index (χ1n) is 10.3. The number of nitrogens with zero attached hydrogens (tertiary/aromatic N) is 1. The number of carbonyl (C=O) groups is 2. The van der Waals surface area contributed by atoms with E-state index in [0.29, 0.717) is 18.8 Å². The van der Waals surface area contributed by atoms with Crippen molar-refractivity contribution in [3.8, 4) is 0 Å². The van der Waals surface area contributed by atoms with Crippen molar-refractivity contribution in [2.75, 3.05) is 14.1 Å². The summed E-state index contributed by atoms with van der Waals surface area (Å²) < 4.78 is 0. The molecule has 2 aliphatic carbocycles. The molecule has 0 radical (unpaired) electrons. The van der Waals surface area contributed by atoms with Gasteiger partial charge >= 0.3 is 0 Å². The Bertz CT molecular complexity index is 750. The van der Waals surface area contributed by atoms with E-state index in [1.807, 2.05) is 36.4 Å². The number of rotatable bonds is 8. The van der Waals surface area contributed by atoms with Crippen molar-refractivity contribution in [2.45, 2.75) is 44.6 Å². The van der Waals surface area contributed by atoms with Gasteiger partial charge in [-0.1, -0.05) is 48.1 Å². The molecule has 0 aliphatic heterocycles. The van der Waals surface area contributed by atoms with Gasteiger partial charge in [-0.15, -0.1) is 0 Å². The third kappa shape index (κ3) is 4.99. The Morgan fingerprint density at radius 1 is 1.18 bits per heavy atom. The molecule has 0 unspecified atom stereocenters. The number of fused-ring (bicyclic) bond motifs is 1. The number of allylic oxidation sites excluding steroid dienone is 3. The molecular weight excluding hydrogens is 350 g/mol. The fourth-order valence-corrected chi connectivity index (χ4v) is 4.59. The first-order chi connectivity index (χ1) is 13.5. The molecule has 3 rings (SSSR count). The smallest absolute Gasteiger partial charge is 0.222 e. The van der Waals surface area contributed by atoms with Crippen molar-refractivity contribution < 1.29 is 14.7 Å². The minimum absolute atomic E-state index is 0.0371. The quantitative estimate of drug-likeness (QED) is 0.423. The molecule has 4 atom stereocenters. The monoisotopic (exact) mass is 381 g/mol. The second-order valence-electron chi connectivity index (χ2n) is 8.33. The van der Waals surface area contributed by atoms with Gasteiger partial charge in [0.1, 0.15) is 0 Å². The van der Waals surface area contributed by atoms with Gasteiger partial charge in [-0.25, -0.2) is 0 Å². The maximum Gasteiger partial charge on any atom is 0.222 e. The molecule has 1 aromatic rings. The van der Waals surface area contributed by atoms with E-state index in [0.717, 1.165) is 31.2 Å². The number of amides is 1. The maximum atomic E-state index is 12.8. The molecule has 1 amide bonds. The van der Waals surface area contributed by atoms with E-state index in [1.165, 1.54) is 5.57 Å². The Labute approximate surface area is 167 Å². The summed E-state index contributed by atoms with van der Waals surface area (Å²) in [5.74, 6) is 0.453. The fraction of sp³-hybridized carbons (Fsp3) is 0.500. The van der Waals surface area contributed by atoms with E-state index in [2.05, 4.69) is 6.08 Å². The van der Waals surface area contributed by atoms with E-state index in [-0.39, 0.29) is 23.5 Å². The molecule has 1 saturated carbocycles. The van der Waals surface area contributed by atoms with Gasteiger partial charge in [0.05, 0.1) is 12.0 Å². The van der Waals surface area contributed by atoms with Gasteiger partial charge < -0.3 is 10.0 Å². The molecule has 4 heteroatoms. The van der Waals surface area contributed by atoms with Crippen LogP contribution in [0.2, 0.25) is 0 Å². The van der Waals surface area contributed by atoms with Gasteiger partial charge in [0.15, 0.2) is 5.78 Å². The van der Waals surface area contributed by atoms with E-state index < -0.39 is 6.10 Å². The average molecular weight is 382 g/mol. The van der Waals surface area contributed by atoms with E-state index in [1.54, 1.807) is 25.1 Å². The van der Waals surface area contributed by atoms with Crippen molar-refractivity contribution in [1.82, 2.24) is 4.90 Å². The minimum Gasteiger partial charge on any atom is -0.392 e. The lowest BCUT2D eigenvalue weighted by Gasteiger charge is -2.19. The normalized spacial score (nSPS) is 26.3. The highest BCUT2D eigenvalue weighted by Crippen LogP contribution is 2.48. The van der Waals surface area contributed by atoms with Crippen LogP contribution in [-0.2, 0) is 9.59 Å². The van der Waals surface area contributed by atoms with E-state index in [4.69, 9.17) is 0 Å². The zero-order chi connectivity index (χ0) is 20.1. The second kappa shape index (κ2) is 9.33. The molecule has 0 spiro atoms. The summed E-state index contributed by atoms with van der Waals surface area (Å²) in [5.41, 5.74) is 2.39. The molecule has 4 nitrogen and oxygen atoms in total. The lowest BCUT2D eigenvalue weighted by molar-refractivity contribution is -0.128. The van der Waals surface area contributed by atoms with Gasteiger partial charge in [0.2, 0.25) is 5.91 Å². The SMILES string of the molecule is CN(C)C(=O)CCCCC1=C[C@H]2C[C@@H](O)[C@H](C(=O)/C=C/c3ccccc3)[C@H]2C1. The topological polar surface area (TPSA) is 57.6 Å². The number of unbranched alkanes of at least 4 members (excludes halogenated alkanes) is 1. The van der Waals surface area contributed by atoms with Gasteiger partial charge in [-0.05, 0) is 55.6 Å². The average Bonchev–Trinajstić information content (AvgIpc) is 3.19. The number of benzene rings is 1. The lowest BCUT2D eigenvalue weighted by Crippen LogP contribution is -2.27. The summed E-state index contributed by atoms with van der Waals surface area (Å²) in [7, 11) is 3.58. The molecular formula is C24H31NO3. The molecule has 2 aliphatic rings. The van der Waals surface area contributed by atoms with Crippen LogP contribution < -0.4 is 0 Å². The Hall–Kier alpha value is -2.20. The summed E-state index contributed by atoms with van der Waals surface area (Å²) in [6.07, 6.45) is 10.3. The van der Waals surface area contributed by atoms with Crippen LogP contribution in [0.25, 0.3) is 6.08 Å². The predicted molar refractivity (Wildman–Crippen MR) is 111 cm³/mol. The number of aliphatic hydroxyl groups is 1. The van der Waals surface area contributed by atoms with Crippen molar-refractivity contribution in [1.29, 1.82) is 0 Å². The lowest BCUT2D eigenvalue weighted by atomic mass is 9.86. The summed E-state index contributed by atoms with van der Waals surface area (Å²) in [4.78, 5) is 26.1. The highest BCUT2D eigenvalue weighted by molar-refractivity contribution is 5.96. The predicted octanol–water partition coefficient (Wildman–Crippen LogP) is 3.86. The molecule has 1 fully saturated rings. The number of hydrogen-bond donors (Lipinski definition) is 1. The minimum atomic E-state index is -0.543. The molecule has 1 N–H and O–H groups in total. The van der Waals surface area contributed by atoms with Crippen LogP contribution in [0.1, 0.15) is 44.1 Å².